The highest BCUT2D eigenvalue weighted by atomic mass is 79.9. The summed E-state index contributed by atoms with van der Waals surface area (Å²) in [5.74, 6) is 0.697. The molecule has 5 heteroatoms. The van der Waals surface area contributed by atoms with Crippen LogP contribution in [0.4, 0.5) is 0 Å². The predicted octanol–water partition coefficient (Wildman–Crippen LogP) is 4.94. The fourth-order valence-electron chi connectivity index (χ4n) is 2.42. The smallest absolute Gasteiger partial charge is 0.185 e. The number of halogens is 1. The van der Waals surface area contributed by atoms with Crippen molar-refractivity contribution in [1.82, 2.24) is 0 Å². The second-order valence-electron chi connectivity index (χ2n) is 5.43. The third-order valence-electron chi connectivity index (χ3n) is 3.39. The van der Waals surface area contributed by atoms with Crippen LogP contribution in [0.5, 0.6) is 5.75 Å². The summed E-state index contributed by atoms with van der Waals surface area (Å²) in [7, 11) is 0. The van der Waals surface area contributed by atoms with E-state index in [1.165, 1.54) is 0 Å². The van der Waals surface area contributed by atoms with Crippen LogP contribution in [0.2, 0.25) is 0 Å². The van der Waals surface area contributed by atoms with E-state index in [0.29, 0.717) is 19.0 Å². The average Bonchev–Trinajstić information content (AvgIpc) is 3.07. The number of nitrogens with zero attached hydrogens (tertiary/aromatic N) is 1. The molecule has 4 nitrogen and oxygen atoms in total. The average molecular weight is 376 g/mol. The Bertz CT molecular complexity index is 720. The third kappa shape index (κ3) is 3.80. The molecule has 0 amide bonds. The Balaban J connectivity index is 2.00. The van der Waals surface area contributed by atoms with Gasteiger partial charge in [-0.3, -0.25) is 0 Å². The van der Waals surface area contributed by atoms with E-state index in [1.54, 1.807) is 0 Å². The molecule has 0 bridgehead atoms. The Hall–Kier alpha value is -1.69. The highest BCUT2D eigenvalue weighted by Crippen LogP contribution is 2.38. The Labute approximate surface area is 144 Å². The normalized spacial score (nSPS) is 14.7. The van der Waals surface area contributed by atoms with Gasteiger partial charge >= 0.3 is 0 Å². The molecule has 0 aromatic heterocycles. The highest BCUT2D eigenvalue weighted by Gasteiger charge is 2.24. The molecule has 1 saturated heterocycles. The van der Waals surface area contributed by atoms with E-state index in [-0.39, 0.29) is 6.29 Å². The van der Waals surface area contributed by atoms with Gasteiger partial charge in [0, 0.05) is 10.0 Å². The molecule has 1 aliphatic rings. The summed E-state index contributed by atoms with van der Waals surface area (Å²) in [5.41, 5.74) is 3.94. The summed E-state index contributed by atoms with van der Waals surface area (Å²) in [6.07, 6.45) is -0.346. The van der Waals surface area contributed by atoms with Crippen LogP contribution < -0.4 is 4.84 Å². The van der Waals surface area contributed by atoms with Crippen LogP contribution in [-0.2, 0) is 9.47 Å². The Morgan fingerprint density at radius 1 is 1.13 bits per heavy atom. The molecule has 3 rings (SSSR count). The number of benzene rings is 2. The summed E-state index contributed by atoms with van der Waals surface area (Å²) in [6, 6.07) is 13.9. The Morgan fingerprint density at radius 3 is 2.61 bits per heavy atom. The molecule has 0 unspecified atom stereocenters. The van der Waals surface area contributed by atoms with Crippen molar-refractivity contribution in [2.75, 3.05) is 13.2 Å². The van der Waals surface area contributed by atoms with Gasteiger partial charge in [-0.2, -0.15) is 0 Å². The van der Waals surface area contributed by atoms with Gasteiger partial charge in [-0.15, -0.1) is 0 Å². The number of rotatable bonds is 4. The zero-order valence-corrected chi connectivity index (χ0v) is 14.7. The molecule has 0 spiro atoms. The van der Waals surface area contributed by atoms with E-state index in [2.05, 4.69) is 27.2 Å². The second-order valence-corrected chi connectivity index (χ2v) is 6.29. The lowest BCUT2D eigenvalue weighted by molar-refractivity contribution is -0.0442. The molecular formula is C18H18BrNO3. The number of ether oxygens (including phenoxy) is 2. The van der Waals surface area contributed by atoms with Crippen LogP contribution in [0, 0.1) is 0 Å². The summed E-state index contributed by atoms with van der Waals surface area (Å²) >= 11 is 3.61. The standard InChI is InChI=1S/C18H18BrNO3/c1-12(2)20-23-14-6-3-5-13(11-14)15-7-4-8-16(19)17(15)18-21-9-10-22-18/h3-8,11,18H,9-10H2,1-2H3. The lowest BCUT2D eigenvalue weighted by Crippen LogP contribution is -2.02. The number of oxime groups is 1. The first-order chi connectivity index (χ1) is 11.1. The largest absolute Gasteiger partial charge is 0.357 e. The lowest BCUT2D eigenvalue weighted by atomic mass is 9.99. The summed E-state index contributed by atoms with van der Waals surface area (Å²) in [6.45, 7) is 5.01. The first kappa shape index (κ1) is 16.2. The zero-order valence-electron chi connectivity index (χ0n) is 13.1. The van der Waals surface area contributed by atoms with Gasteiger partial charge in [-0.05, 0) is 43.2 Å². The Morgan fingerprint density at radius 2 is 1.87 bits per heavy atom. The van der Waals surface area contributed by atoms with E-state index in [0.717, 1.165) is 26.9 Å². The Kier molecular flexibility index (Phi) is 5.10. The molecule has 1 fully saturated rings. The molecule has 0 atom stereocenters. The van der Waals surface area contributed by atoms with Gasteiger partial charge in [0.25, 0.3) is 0 Å². The van der Waals surface area contributed by atoms with Crippen LogP contribution in [0.3, 0.4) is 0 Å². The number of hydrogen-bond donors (Lipinski definition) is 0. The minimum atomic E-state index is -0.346. The topological polar surface area (TPSA) is 40.0 Å². The van der Waals surface area contributed by atoms with Crippen LogP contribution >= 0.6 is 15.9 Å². The summed E-state index contributed by atoms with van der Waals surface area (Å²) < 4.78 is 12.3. The van der Waals surface area contributed by atoms with Gasteiger partial charge < -0.3 is 14.3 Å². The fourth-order valence-corrected chi connectivity index (χ4v) is 2.97. The molecule has 2 aromatic rings. The monoisotopic (exact) mass is 375 g/mol. The van der Waals surface area contributed by atoms with Crippen LogP contribution in [0.1, 0.15) is 25.7 Å². The van der Waals surface area contributed by atoms with Crippen LogP contribution in [-0.4, -0.2) is 18.9 Å². The van der Waals surface area contributed by atoms with Gasteiger partial charge in [-0.25, -0.2) is 0 Å². The SMILES string of the molecule is CC(C)=NOc1cccc(-c2cccc(Br)c2C2OCCO2)c1. The molecule has 0 aliphatic carbocycles. The van der Waals surface area contributed by atoms with Crippen molar-refractivity contribution in [3.63, 3.8) is 0 Å². The van der Waals surface area contributed by atoms with Crippen LogP contribution in [0.25, 0.3) is 11.1 Å². The van der Waals surface area contributed by atoms with Gasteiger partial charge in [0.1, 0.15) is 0 Å². The van der Waals surface area contributed by atoms with Crippen molar-refractivity contribution in [3.05, 3.63) is 52.5 Å². The molecule has 0 saturated carbocycles. The molecular weight excluding hydrogens is 358 g/mol. The molecule has 1 heterocycles. The quantitative estimate of drug-likeness (QED) is 0.561. The van der Waals surface area contributed by atoms with Crippen molar-refractivity contribution < 1.29 is 14.3 Å². The third-order valence-corrected chi connectivity index (χ3v) is 4.08. The maximum atomic E-state index is 5.69. The van der Waals surface area contributed by atoms with Crippen molar-refractivity contribution in [2.24, 2.45) is 5.16 Å². The molecule has 1 aliphatic heterocycles. The molecule has 0 N–H and O–H groups in total. The van der Waals surface area contributed by atoms with Crippen molar-refractivity contribution >= 4 is 21.6 Å². The lowest BCUT2D eigenvalue weighted by Gasteiger charge is -2.17. The number of hydrogen-bond acceptors (Lipinski definition) is 4. The van der Waals surface area contributed by atoms with Gasteiger partial charge in [-0.1, -0.05) is 45.4 Å². The molecule has 120 valence electrons. The first-order valence-electron chi connectivity index (χ1n) is 7.45. The maximum absolute atomic E-state index is 5.69. The van der Waals surface area contributed by atoms with E-state index in [9.17, 15) is 0 Å². The summed E-state index contributed by atoms with van der Waals surface area (Å²) in [4.78, 5) is 5.44. The second kappa shape index (κ2) is 7.25. The fraction of sp³-hybridized carbons (Fsp3) is 0.278. The molecule has 23 heavy (non-hydrogen) atoms. The van der Waals surface area contributed by atoms with Crippen LogP contribution in [0.15, 0.2) is 52.1 Å². The highest BCUT2D eigenvalue weighted by molar-refractivity contribution is 9.10. The molecule has 2 aromatic carbocycles. The van der Waals surface area contributed by atoms with Gasteiger partial charge in [0.2, 0.25) is 0 Å². The van der Waals surface area contributed by atoms with Crippen molar-refractivity contribution in [1.29, 1.82) is 0 Å². The van der Waals surface area contributed by atoms with Crippen molar-refractivity contribution in [3.8, 4) is 16.9 Å². The van der Waals surface area contributed by atoms with E-state index < -0.39 is 0 Å². The predicted molar refractivity (Wildman–Crippen MR) is 93.6 cm³/mol. The summed E-state index contributed by atoms with van der Waals surface area (Å²) in [5, 5.41) is 4.01. The van der Waals surface area contributed by atoms with Gasteiger partial charge in [0.05, 0.1) is 18.9 Å². The van der Waals surface area contributed by atoms with Gasteiger partial charge in [0.15, 0.2) is 12.0 Å². The van der Waals surface area contributed by atoms with Crippen molar-refractivity contribution in [2.45, 2.75) is 20.1 Å². The first-order valence-corrected chi connectivity index (χ1v) is 8.25. The maximum Gasteiger partial charge on any atom is 0.185 e. The van der Waals surface area contributed by atoms with E-state index in [4.69, 9.17) is 14.3 Å². The van der Waals surface area contributed by atoms with E-state index in [1.807, 2.05) is 50.2 Å². The van der Waals surface area contributed by atoms with E-state index >= 15 is 0 Å². The zero-order chi connectivity index (χ0) is 16.2. The molecule has 0 radical (unpaired) electrons. The minimum absolute atomic E-state index is 0.346. The minimum Gasteiger partial charge on any atom is -0.357 e.